The first-order valence-corrected chi connectivity index (χ1v) is 17.1. The van der Waals surface area contributed by atoms with Gasteiger partial charge in [-0.3, -0.25) is 14.0 Å². The summed E-state index contributed by atoms with van der Waals surface area (Å²) in [4.78, 5) is 1.88. The lowest BCUT2D eigenvalue weighted by molar-refractivity contribution is 0.0191. The number of hydrogen-bond acceptors (Lipinski definition) is 7. The summed E-state index contributed by atoms with van der Waals surface area (Å²) in [6.45, 7) is 22.3. The van der Waals surface area contributed by atoms with Crippen LogP contribution < -0.4 is 0 Å². The van der Waals surface area contributed by atoms with Crippen molar-refractivity contribution >= 4 is 15.2 Å². The molecule has 0 heterocycles. The van der Waals surface area contributed by atoms with Gasteiger partial charge >= 0.3 is 15.2 Å². The lowest BCUT2D eigenvalue weighted by Crippen LogP contribution is -2.42. The fraction of sp³-hybridized carbons (Fsp3) is 0.613. The molecule has 2 aromatic carbocycles. The summed E-state index contributed by atoms with van der Waals surface area (Å²) in [6, 6.07) is 19.6. The molecule has 0 unspecified atom stereocenters. The Kier molecular flexibility index (Phi) is 11.3. The van der Waals surface area contributed by atoms with Gasteiger partial charge in [-0.1, -0.05) is 60.7 Å². The zero-order valence-electron chi connectivity index (χ0n) is 26.6. The van der Waals surface area contributed by atoms with Crippen LogP contribution in [0.25, 0.3) is 0 Å². The minimum absolute atomic E-state index is 0.302. The predicted octanol–water partition coefficient (Wildman–Crippen LogP) is 9.62. The van der Waals surface area contributed by atoms with E-state index in [0.717, 1.165) is 11.1 Å². The fourth-order valence-electron chi connectivity index (χ4n) is 4.18. The van der Waals surface area contributed by atoms with Crippen LogP contribution >= 0.6 is 15.2 Å². The van der Waals surface area contributed by atoms with Crippen molar-refractivity contribution < 1.29 is 27.2 Å². The minimum Gasteiger partial charge on any atom is -0.301 e. The van der Waals surface area contributed by atoms with Gasteiger partial charge in [-0.15, -0.1) is 0 Å². The van der Waals surface area contributed by atoms with Crippen LogP contribution in [-0.2, 0) is 40.3 Å². The summed E-state index contributed by atoms with van der Waals surface area (Å²) < 4.78 is 56.2. The summed E-state index contributed by atoms with van der Waals surface area (Å²) in [5.74, 6) is 0. The molecule has 0 aliphatic carbocycles. The number of benzene rings is 2. The number of nitrogens with zero attached hydrogens (tertiary/aromatic N) is 1. The molecule has 0 aliphatic rings. The van der Waals surface area contributed by atoms with E-state index in [1.54, 1.807) is 0 Å². The van der Waals surface area contributed by atoms with Crippen LogP contribution in [0.1, 0.15) is 94.2 Å². The normalized spacial score (nSPS) is 14.2. The third-order valence-corrected chi connectivity index (χ3v) is 11.6. The van der Waals surface area contributed by atoms with Gasteiger partial charge in [-0.25, -0.2) is 0 Å². The Morgan fingerprint density at radius 3 is 1.00 bits per heavy atom. The molecule has 0 saturated carbocycles. The van der Waals surface area contributed by atoms with Crippen LogP contribution in [0, 0.1) is 0 Å². The topological polar surface area (TPSA) is 74.3 Å². The summed E-state index contributed by atoms with van der Waals surface area (Å²) in [7, 11) is -8.57. The highest BCUT2D eigenvalue weighted by Crippen LogP contribution is 2.75. The maximum absolute atomic E-state index is 15.4. The molecule has 226 valence electrons. The molecule has 0 aromatic heterocycles. The Balaban J connectivity index is 2.95. The monoisotopic (exact) mass is 595 g/mol. The van der Waals surface area contributed by atoms with Crippen LogP contribution in [0.3, 0.4) is 0 Å². The molecule has 7 nitrogen and oxygen atoms in total. The van der Waals surface area contributed by atoms with Gasteiger partial charge in [0.25, 0.3) is 0 Å². The van der Waals surface area contributed by atoms with Crippen LogP contribution in [-0.4, -0.2) is 32.8 Å². The molecule has 2 rings (SSSR count). The lowest BCUT2D eigenvalue weighted by Gasteiger charge is -2.45. The van der Waals surface area contributed by atoms with Crippen molar-refractivity contribution in [1.29, 1.82) is 0 Å². The number of hydrogen-bond donors (Lipinski definition) is 0. The second-order valence-electron chi connectivity index (χ2n) is 14.1. The summed E-state index contributed by atoms with van der Waals surface area (Å²) >= 11 is 0. The van der Waals surface area contributed by atoms with E-state index in [2.05, 4.69) is 0 Å². The van der Waals surface area contributed by atoms with Crippen molar-refractivity contribution in [2.24, 2.45) is 0 Å². The first kappa shape index (κ1) is 34.9. The van der Waals surface area contributed by atoms with E-state index >= 15 is 9.13 Å². The molecular formula is C31H51NO6P2. The molecule has 0 aliphatic heterocycles. The molecule has 0 bridgehead atoms. The second kappa shape index (κ2) is 12.9. The van der Waals surface area contributed by atoms with Crippen LogP contribution in [0.4, 0.5) is 0 Å². The van der Waals surface area contributed by atoms with Gasteiger partial charge in [0.2, 0.25) is 5.52 Å². The van der Waals surface area contributed by atoms with Crippen LogP contribution in [0.5, 0.6) is 0 Å². The highest BCUT2D eigenvalue weighted by Gasteiger charge is 2.59. The Labute approximate surface area is 243 Å². The molecule has 0 N–H and O–H groups in total. The van der Waals surface area contributed by atoms with E-state index in [9.17, 15) is 0 Å². The zero-order valence-corrected chi connectivity index (χ0v) is 28.3. The summed E-state index contributed by atoms with van der Waals surface area (Å²) in [6.07, 6.45) is 0. The molecular weight excluding hydrogens is 544 g/mol. The highest BCUT2D eigenvalue weighted by molar-refractivity contribution is 7.72. The van der Waals surface area contributed by atoms with Crippen molar-refractivity contribution in [2.45, 2.75) is 124 Å². The van der Waals surface area contributed by atoms with Gasteiger partial charge in [0, 0.05) is 13.1 Å². The first-order chi connectivity index (χ1) is 18.0. The van der Waals surface area contributed by atoms with Crippen molar-refractivity contribution in [3.05, 3.63) is 71.8 Å². The Morgan fingerprint density at radius 2 is 0.775 bits per heavy atom. The molecule has 0 fully saturated rings. The zero-order chi connectivity index (χ0) is 30.6. The quantitative estimate of drug-likeness (QED) is 0.239. The Morgan fingerprint density at radius 1 is 0.525 bits per heavy atom. The smallest absolute Gasteiger partial charge is 0.301 e. The lowest BCUT2D eigenvalue weighted by atomic mass is 10.2. The molecule has 2 aromatic rings. The van der Waals surface area contributed by atoms with Crippen molar-refractivity contribution in [2.75, 3.05) is 0 Å². The van der Waals surface area contributed by atoms with Gasteiger partial charge in [-0.05, 0) is 94.2 Å². The van der Waals surface area contributed by atoms with Crippen molar-refractivity contribution in [3.8, 4) is 0 Å². The molecule has 0 atom stereocenters. The van der Waals surface area contributed by atoms with E-state index in [0.29, 0.717) is 13.1 Å². The van der Waals surface area contributed by atoms with Gasteiger partial charge in [-0.2, -0.15) is 0 Å². The van der Waals surface area contributed by atoms with Crippen LogP contribution in [0.2, 0.25) is 0 Å². The highest BCUT2D eigenvalue weighted by atomic mass is 31.2. The van der Waals surface area contributed by atoms with Crippen molar-refractivity contribution in [3.63, 3.8) is 0 Å². The first-order valence-electron chi connectivity index (χ1n) is 13.8. The summed E-state index contributed by atoms with van der Waals surface area (Å²) in [5, 5.41) is 0. The standard InChI is InChI=1S/C31H51NO6P2/c1-28(2,3)35-39(33,36-29(4,5)6)27(40(34,37-30(7,8)9)38-31(10,11)12)32(23-25-19-15-13-16-20-25)24-26-21-17-14-18-22-26/h13-22,27H,23-24H2,1-12H3. The van der Waals surface area contributed by atoms with E-state index in [1.165, 1.54) is 0 Å². The van der Waals surface area contributed by atoms with Crippen molar-refractivity contribution in [1.82, 2.24) is 4.90 Å². The van der Waals surface area contributed by atoms with Crippen LogP contribution in [0.15, 0.2) is 60.7 Å². The molecule has 9 heteroatoms. The SMILES string of the molecule is CC(C)(C)OP(=O)(OC(C)(C)C)C(N(Cc1ccccc1)Cc1ccccc1)P(=O)(OC(C)(C)C)OC(C)(C)C. The minimum atomic E-state index is -4.28. The van der Waals surface area contributed by atoms with E-state index < -0.39 is 43.1 Å². The third-order valence-electron chi connectivity index (χ3n) is 4.95. The maximum Gasteiger partial charge on any atom is 0.361 e. The average Bonchev–Trinajstić information content (AvgIpc) is 2.69. The molecule has 0 spiro atoms. The maximum atomic E-state index is 15.4. The summed E-state index contributed by atoms with van der Waals surface area (Å²) in [5.41, 5.74) is -3.05. The molecule has 0 saturated heterocycles. The second-order valence-corrected chi connectivity index (χ2v) is 18.4. The fourth-order valence-corrected chi connectivity index (χ4v) is 10.8. The largest absolute Gasteiger partial charge is 0.361 e. The predicted molar refractivity (Wildman–Crippen MR) is 164 cm³/mol. The van der Waals surface area contributed by atoms with Gasteiger partial charge in [0.15, 0.2) is 0 Å². The number of rotatable bonds is 11. The van der Waals surface area contributed by atoms with Gasteiger partial charge in [0.1, 0.15) is 0 Å². The van der Waals surface area contributed by atoms with Gasteiger partial charge < -0.3 is 18.1 Å². The third kappa shape index (κ3) is 11.9. The Hall–Kier alpha value is -1.30. The van der Waals surface area contributed by atoms with Gasteiger partial charge in [0.05, 0.1) is 22.4 Å². The van der Waals surface area contributed by atoms with E-state index in [4.69, 9.17) is 18.1 Å². The average molecular weight is 596 g/mol. The molecule has 0 amide bonds. The Bertz CT molecular complexity index is 1030. The van der Waals surface area contributed by atoms with E-state index in [-0.39, 0.29) is 0 Å². The molecule has 0 radical (unpaired) electrons. The molecule has 40 heavy (non-hydrogen) atoms. The van der Waals surface area contributed by atoms with E-state index in [1.807, 2.05) is 149 Å².